The third-order valence-corrected chi connectivity index (χ3v) is 3.38. The Labute approximate surface area is 118 Å². The Morgan fingerprint density at radius 2 is 1.95 bits per heavy atom. The summed E-state index contributed by atoms with van der Waals surface area (Å²) in [7, 11) is 0. The van der Waals surface area contributed by atoms with Crippen LogP contribution in [0, 0.1) is 0 Å². The molecule has 1 atom stereocenters. The molecule has 1 aromatic carbocycles. The second-order valence-electron chi connectivity index (χ2n) is 3.77. The normalized spacial score (nSPS) is 13.1. The Kier molecular flexibility index (Phi) is 6.00. The minimum atomic E-state index is -4.32. The Bertz CT molecular complexity index is 422. The first-order valence-corrected chi connectivity index (χ1v) is 6.86. The van der Waals surface area contributed by atoms with E-state index in [1.807, 2.05) is 6.92 Å². The van der Waals surface area contributed by atoms with Gasteiger partial charge in [-0.1, -0.05) is 19.1 Å². The SMILES string of the molecule is CCCNC(=O)C(Cl)c1ccc(SC(F)(F)F)cc1. The third kappa shape index (κ3) is 5.74. The minimum absolute atomic E-state index is 0.0640. The number of thioether (sulfide) groups is 1. The zero-order chi connectivity index (χ0) is 14.5. The summed E-state index contributed by atoms with van der Waals surface area (Å²) in [6.45, 7) is 2.43. The molecule has 2 nitrogen and oxygen atoms in total. The summed E-state index contributed by atoms with van der Waals surface area (Å²) < 4.78 is 36.4. The fourth-order valence-corrected chi connectivity index (χ4v) is 2.09. The smallest absolute Gasteiger partial charge is 0.355 e. The third-order valence-electron chi connectivity index (χ3n) is 2.19. The quantitative estimate of drug-likeness (QED) is 0.655. The molecular formula is C12H13ClF3NOS. The molecule has 1 N–H and O–H groups in total. The Hall–Kier alpha value is -0.880. The van der Waals surface area contributed by atoms with Crippen LogP contribution in [0.4, 0.5) is 13.2 Å². The van der Waals surface area contributed by atoms with Crippen molar-refractivity contribution in [3.8, 4) is 0 Å². The number of carbonyl (C=O) groups is 1. The second-order valence-corrected chi connectivity index (χ2v) is 5.35. The lowest BCUT2D eigenvalue weighted by Crippen LogP contribution is -2.27. The number of carbonyl (C=O) groups excluding carboxylic acids is 1. The van der Waals surface area contributed by atoms with Crippen molar-refractivity contribution in [2.75, 3.05) is 6.54 Å². The highest BCUT2D eigenvalue weighted by Gasteiger charge is 2.29. The van der Waals surface area contributed by atoms with Crippen LogP contribution in [0.25, 0.3) is 0 Å². The zero-order valence-corrected chi connectivity index (χ0v) is 11.7. The lowest BCUT2D eigenvalue weighted by Gasteiger charge is -2.11. The summed E-state index contributed by atoms with van der Waals surface area (Å²) in [6.07, 6.45) is 0.788. The van der Waals surface area contributed by atoms with Crippen LogP contribution in [0.3, 0.4) is 0 Å². The van der Waals surface area contributed by atoms with E-state index in [0.717, 1.165) is 6.42 Å². The van der Waals surface area contributed by atoms with E-state index >= 15 is 0 Å². The molecule has 1 unspecified atom stereocenters. The van der Waals surface area contributed by atoms with Gasteiger partial charge in [-0.25, -0.2) is 0 Å². The van der Waals surface area contributed by atoms with Gasteiger partial charge >= 0.3 is 5.51 Å². The lowest BCUT2D eigenvalue weighted by atomic mass is 10.1. The topological polar surface area (TPSA) is 29.1 Å². The zero-order valence-electron chi connectivity index (χ0n) is 10.1. The standard InChI is InChI=1S/C12H13ClF3NOS/c1-2-7-17-11(18)10(13)8-3-5-9(6-4-8)19-12(14,15)16/h3-6,10H,2,7H2,1H3,(H,17,18). The fourth-order valence-electron chi connectivity index (χ4n) is 1.33. The van der Waals surface area contributed by atoms with Crippen molar-refractivity contribution < 1.29 is 18.0 Å². The van der Waals surface area contributed by atoms with E-state index in [1.54, 1.807) is 0 Å². The molecule has 7 heteroatoms. The summed E-state index contributed by atoms with van der Waals surface area (Å²) in [5.74, 6) is -0.347. The van der Waals surface area contributed by atoms with E-state index in [-0.39, 0.29) is 22.6 Å². The summed E-state index contributed by atoms with van der Waals surface area (Å²) in [4.78, 5) is 11.7. The molecular weight excluding hydrogens is 299 g/mol. The Morgan fingerprint density at radius 1 is 1.37 bits per heavy atom. The maximum atomic E-state index is 12.1. The van der Waals surface area contributed by atoms with Gasteiger partial charge < -0.3 is 5.32 Å². The van der Waals surface area contributed by atoms with Crippen LogP contribution in [0.15, 0.2) is 29.2 Å². The largest absolute Gasteiger partial charge is 0.446 e. The number of hydrogen-bond donors (Lipinski definition) is 1. The van der Waals surface area contributed by atoms with E-state index in [1.165, 1.54) is 24.3 Å². The number of benzene rings is 1. The summed E-state index contributed by atoms with van der Waals surface area (Å²) in [5, 5.41) is 1.74. The Morgan fingerprint density at radius 3 is 2.42 bits per heavy atom. The molecule has 0 aliphatic carbocycles. The number of alkyl halides is 4. The van der Waals surface area contributed by atoms with Crippen molar-refractivity contribution >= 4 is 29.3 Å². The highest BCUT2D eigenvalue weighted by atomic mass is 35.5. The highest BCUT2D eigenvalue weighted by molar-refractivity contribution is 8.00. The molecule has 0 spiro atoms. The molecule has 0 radical (unpaired) electrons. The number of hydrogen-bond acceptors (Lipinski definition) is 2. The fraction of sp³-hybridized carbons (Fsp3) is 0.417. The van der Waals surface area contributed by atoms with Crippen molar-refractivity contribution in [3.63, 3.8) is 0 Å². The molecule has 0 saturated carbocycles. The molecule has 1 aromatic rings. The van der Waals surface area contributed by atoms with Crippen LogP contribution in [0.1, 0.15) is 24.3 Å². The van der Waals surface area contributed by atoms with Gasteiger partial charge in [0.2, 0.25) is 5.91 Å². The van der Waals surface area contributed by atoms with Gasteiger partial charge in [-0.05, 0) is 35.9 Å². The van der Waals surface area contributed by atoms with Gasteiger partial charge in [-0.15, -0.1) is 11.6 Å². The van der Waals surface area contributed by atoms with Crippen LogP contribution in [0.5, 0.6) is 0 Å². The minimum Gasteiger partial charge on any atom is -0.355 e. The molecule has 1 rings (SSSR count). The average Bonchev–Trinajstić information content (AvgIpc) is 2.34. The van der Waals surface area contributed by atoms with Gasteiger partial charge in [0.25, 0.3) is 0 Å². The number of rotatable bonds is 5. The van der Waals surface area contributed by atoms with Crippen molar-refractivity contribution in [3.05, 3.63) is 29.8 Å². The molecule has 1 amide bonds. The van der Waals surface area contributed by atoms with Crippen molar-refractivity contribution in [1.82, 2.24) is 5.32 Å². The van der Waals surface area contributed by atoms with Gasteiger partial charge in [0, 0.05) is 11.4 Å². The molecule has 0 saturated heterocycles. The first kappa shape index (κ1) is 16.2. The first-order valence-electron chi connectivity index (χ1n) is 5.61. The van der Waals surface area contributed by atoms with Crippen LogP contribution >= 0.6 is 23.4 Å². The van der Waals surface area contributed by atoms with E-state index in [9.17, 15) is 18.0 Å². The van der Waals surface area contributed by atoms with Crippen LogP contribution in [-0.2, 0) is 4.79 Å². The van der Waals surface area contributed by atoms with E-state index < -0.39 is 10.9 Å². The molecule has 106 valence electrons. The van der Waals surface area contributed by atoms with Gasteiger partial charge in [0.05, 0.1) is 0 Å². The molecule has 0 aromatic heterocycles. The van der Waals surface area contributed by atoms with E-state index in [0.29, 0.717) is 12.1 Å². The first-order chi connectivity index (χ1) is 8.83. The predicted octanol–water partition coefficient (Wildman–Crippen LogP) is 4.10. The average molecular weight is 312 g/mol. The van der Waals surface area contributed by atoms with Gasteiger partial charge in [-0.3, -0.25) is 4.79 Å². The maximum Gasteiger partial charge on any atom is 0.446 e. The summed E-state index contributed by atoms with van der Waals surface area (Å²) >= 11 is 5.74. The van der Waals surface area contributed by atoms with Gasteiger partial charge in [-0.2, -0.15) is 13.2 Å². The van der Waals surface area contributed by atoms with E-state index in [4.69, 9.17) is 11.6 Å². The molecule has 0 aliphatic heterocycles. The molecule has 19 heavy (non-hydrogen) atoms. The van der Waals surface area contributed by atoms with Crippen molar-refractivity contribution in [2.24, 2.45) is 0 Å². The lowest BCUT2D eigenvalue weighted by molar-refractivity contribution is -0.120. The predicted molar refractivity (Wildman–Crippen MR) is 70.2 cm³/mol. The van der Waals surface area contributed by atoms with Crippen LogP contribution < -0.4 is 5.32 Å². The van der Waals surface area contributed by atoms with Crippen molar-refractivity contribution in [2.45, 2.75) is 29.1 Å². The number of halogens is 4. The highest BCUT2D eigenvalue weighted by Crippen LogP contribution is 2.37. The molecule has 0 fully saturated rings. The van der Waals surface area contributed by atoms with Crippen LogP contribution in [-0.4, -0.2) is 18.0 Å². The number of nitrogens with one attached hydrogen (secondary N) is 1. The van der Waals surface area contributed by atoms with Gasteiger partial charge in [0.1, 0.15) is 5.38 Å². The maximum absolute atomic E-state index is 12.1. The molecule has 0 bridgehead atoms. The Balaban J connectivity index is 2.67. The number of amides is 1. The monoisotopic (exact) mass is 311 g/mol. The van der Waals surface area contributed by atoms with Gasteiger partial charge in [0.15, 0.2) is 0 Å². The summed E-state index contributed by atoms with van der Waals surface area (Å²) in [6, 6.07) is 5.46. The second kappa shape index (κ2) is 7.05. The summed E-state index contributed by atoms with van der Waals surface area (Å²) in [5.41, 5.74) is -3.85. The molecule has 0 aliphatic rings. The van der Waals surface area contributed by atoms with E-state index in [2.05, 4.69) is 5.32 Å². The van der Waals surface area contributed by atoms with Crippen LogP contribution in [0.2, 0.25) is 0 Å². The molecule has 0 heterocycles. The van der Waals surface area contributed by atoms with Crippen molar-refractivity contribution in [1.29, 1.82) is 0 Å².